The van der Waals surface area contributed by atoms with Crippen LogP contribution in [-0.2, 0) is 14.3 Å². The van der Waals surface area contributed by atoms with Crippen molar-refractivity contribution < 1.29 is 19.2 Å². The molecule has 0 unspecified atom stereocenters. The molecule has 1 aliphatic rings. The maximum Gasteiger partial charge on any atom is 0.309 e. The normalized spacial score (nSPS) is 13.7. The summed E-state index contributed by atoms with van der Waals surface area (Å²) in [4.78, 5) is 32.9. The molecule has 7 nitrogen and oxygen atoms in total. The third-order valence-electron chi connectivity index (χ3n) is 2.69. The number of rotatable bonds is 5. The van der Waals surface area contributed by atoms with Crippen LogP contribution in [0.15, 0.2) is 22.7 Å². The maximum atomic E-state index is 11.6. The van der Waals surface area contributed by atoms with Crippen LogP contribution in [0.2, 0.25) is 0 Å². The van der Waals surface area contributed by atoms with Crippen LogP contribution < -0.4 is 5.32 Å². The summed E-state index contributed by atoms with van der Waals surface area (Å²) in [6.07, 6.45) is 1.63. The number of amides is 1. The van der Waals surface area contributed by atoms with E-state index < -0.39 is 10.8 Å². The maximum absolute atomic E-state index is 11.6. The molecule has 0 saturated heterocycles. The molecule has 1 N–H and O–H groups in total. The van der Waals surface area contributed by atoms with E-state index in [-0.39, 0.29) is 24.2 Å². The van der Waals surface area contributed by atoms with Gasteiger partial charge in [-0.3, -0.25) is 19.7 Å². The van der Waals surface area contributed by atoms with Crippen molar-refractivity contribution in [3.8, 4) is 0 Å². The second-order valence-electron chi connectivity index (χ2n) is 4.35. The van der Waals surface area contributed by atoms with Crippen LogP contribution in [0.5, 0.6) is 0 Å². The molecule has 1 aromatic rings. The summed E-state index contributed by atoms with van der Waals surface area (Å²) >= 11 is 3.13. The van der Waals surface area contributed by atoms with E-state index in [0.29, 0.717) is 10.2 Å². The summed E-state index contributed by atoms with van der Waals surface area (Å²) < 4.78 is 5.21. The highest BCUT2D eigenvalue weighted by Gasteiger charge is 2.31. The first-order valence-corrected chi connectivity index (χ1v) is 6.67. The van der Waals surface area contributed by atoms with Gasteiger partial charge in [0.1, 0.15) is 0 Å². The van der Waals surface area contributed by atoms with Crippen molar-refractivity contribution in [2.24, 2.45) is 5.92 Å². The molecular weight excluding hydrogens is 332 g/mol. The number of halogens is 1. The molecule has 20 heavy (non-hydrogen) atoms. The Morgan fingerprint density at radius 3 is 2.70 bits per heavy atom. The lowest BCUT2D eigenvalue weighted by Gasteiger charge is -2.07. The summed E-state index contributed by atoms with van der Waals surface area (Å²) in [6.45, 7) is -0.362. The summed E-state index contributed by atoms with van der Waals surface area (Å²) in [7, 11) is 0. The molecule has 1 saturated carbocycles. The summed E-state index contributed by atoms with van der Waals surface area (Å²) in [6, 6.07) is 3.96. The number of esters is 1. The second-order valence-corrected chi connectivity index (χ2v) is 5.21. The Morgan fingerprint density at radius 1 is 1.45 bits per heavy atom. The third kappa shape index (κ3) is 3.77. The molecule has 106 valence electrons. The fourth-order valence-electron chi connectivity index (χ4n) is 1.48. The number of nitro benzene ring substituents is 1. The molecule has 2 rings (SSSR count). The van der Waals surface area contributed by atoms with Gasteiger partial charge in [0.2, 0.25) is 0 Å². The van der Waals surface area contributed by atoms with Gasteiger partial charge in [0.05, 0.1) is 16.5 Å². The highest BCUT2D eigenvalue weighted by molar-refractivity contribution is 9.10. The number of ether oxygens (including phenoxy) is 1. The largest absolute Gasteiger partial charge is 0.455 e. The van der Waals surface area contributed by atoms with Gasteiger partial charge in [0.15, 0.2) is 6.61 Å². The standard InChI is InChI=1S/C12H11BrN2O5/c13-9-5-8(15(18)19)3-4-10(9)14-11(16)6-20-12(17)7-1-2-7/h3-5,7H,1-2,6H2,(H,14,16). The fourth-order valence-corrected chi connectivity index (χ4v) is 1.94. The first-order valence-electron chi connectivity index (χ1n) is 5.88. The zero-order chi connectivity index (χ0) is 14.7. The third-order valence-corrected chi connectivity index (χ3v) is 3.35. The zero-order valence-corrected chi connectivity index (χ0v) is 11.9. The van der Waals surface area contributed by atoms with Crippen LogP contribution in [0.4, 0.5) is 11.4 Å². The molecule has 0 heterocycles. The van der Waals surface area contributed by atoms with Crippen molar-refractivity contribution in [3.63, 3.8) is 0 Å². The average Bonchev–Trinajstić information content (AvgIpc) is 3.22. The van der Waals surface area contributed by atoms with Gasteiger partial charge in [-0.2, -0.15) is 0 Å². The highest BCUT2D eigenvalue weighted by Crippen LogP contribution is 2.30. The van der Waals surface area contributed by atoms with E-state index in [2.05, 4.69) is 21.2 Å². The van der Waals surface area contributed by atoms with Crippen molar-refractivity contribution in [1.82, 2.24) is 0 Å². The Bertz CT molecular complexity index is 571. The predicted octanol–water partition coefficient (Wildman–Crippen LogP) is 2.25. The Morgan fingerprint density at radius 2 is 2.15 bits per heavy atom. The monoisotopic (exact) mass is 342 g/mol. The van der Waals surface area contributed by atoms with Gasteiger partial charge in [-0.15, -0.1) is 0 Å². The van der Waals surface area contributed by atoms with Crippen molar-refractivity contribution >= 4 is 39.2 Å². The van der Waals surface area contributed by atoms with Crippen molar-refractivity contribution in [2.75, 3.05) is 11.9 Å². The lowest BCUT2D eigenvalue weighted by molar-refractivity contribution is -0.384. The SMILES string of the molecule is O=C(COC(=O)C1CC1)Nc1ccc([N+](=O)[O-])cc1Br. The number of nitrogens with zero attached hydrogens (tertiary/aromatic N) is 1. The smallest absolute Gasteiger partial charge is 0.309 e. The summed E-state index contributed by atoms with van der Waals surface area (Å²) in [5.41, 5.74) is 0.290. The van der Waals surface area contributed by atoms with Crippen LogP contribution in [0.1, 0.15) is 12.8 Å². The molecule has 8 heteroatoms. The first-order chi connectivity index (χ1) is 9.47. The second kappa shape index (κ2) is 6.00. The first kappa shape index (κ1) is 14.4. The molecule has 1 amide bonds. The minimum absolute atomic E-state index is 0.0612. The zero-order valence-electron chi connectivity index (χ0n) is 10.3. The quantitative estimate of drug-likeness (QED) is 0.502. The Kier molecular flexibility index (Phi) is 4.33. The summed E-state index contributed by atoms with van der Waals surface area (Å²) in [5.74, 6) is -0.912. The number of hydrogen-bond acceptors (Lipinski definition) is 5. The number of hydrogen-bond donors (Lipinski definition) is 1. The van der Waals surface area contributed by atoms with E-state index >= 15 is 0 Å². The summed E-state index contributed by atoms with van der Waals surface area (Å²) in [5, 5.41) is 13.1. The molecular formula is C12H11BrN2O5. The minimum Gasteiger partial charge on any atom is -0.455 e. The van der Waals surface area contributed by atoms with Crippen molar-refractivity contribution in [1.29, 1.82) is 0 Å². The molecule has 1 fully saturated rings. The Labute approximate surface area is 122 Å². The van der Waals surface area contributed by atoms with Gasteiger partial charge in [-0.1, -0.05) is 0 Å². The minimum atomic E-state index is -0.534. The molecule has 1 aromatic carbocycles. The van der Waals surface area contributed by atoms with Gasteiger partial charge in [-0.25, -0.2) is 0 Å². The van der Waals surface area contributed by atoms with Crippen LogP contribution in [0.25, 0.3) is 0 Å². The molecule has 0 aromatic heterocycles. The number of non-ortho nitro benzene ring substituents is 1. The number of carbonyl (C=O) groups is 2. The van der Waals surface area contributed by atoms with Gasteiger partial charge >= 0.3 is 5.97 Å². The predicted molar refractivity (Wildman–Crippen MR) is 73.1 cm³/mol. The Hall–Kier alpha value is -1.96. The van der Waals surface area contributed by atoms with Gasteiger partial charge in [0, 0.05) is 16.6 Å². The van der Waals surface area contributed by atoms with Crippen LogP contribution in [-0.4, -0.2) is 23.4 Å². The average molecular weight is 343 g/mol. The molecule has 0 radical (unpaired) electrons. The van der Waals surface area contributed by atoms with E-state index in [1.165, 1.54) is 18.2 Å². The molecule has 1 aliphatic carbocycles. The fraction of sp³-hybridized carbons (Fsp3) is 0.333. The number of carbonyl (C=O) groups excluding carboxylic acids is 2. The van der Waals surface area contributed by atoms with E-state index in [1.807, 2.05) is 0 Å². The number of anilines is 1. The van der Waals surface area contributed by atoms with Gasteiger partial charge in [0.25, 0.3) is 11.6 Å². The van der Waals surface area contributed by atoms with Crippen LogP contribution in [0, 0.1) is 16.0 Å². The molecule has 0 atom stereocenters. The molecule has 0 spiro atoms. The van der Waals surface area contributed by atoms with E-state index in [1.54, 1.807) is 0 Å². The lowest BCUT2D eigenvalue weighted by Crippen LogP contribution is -2.21. The number of benzene rings is 1. The molecule has 0 bridgehead atoms. The van der Waals surface area contributed by atoms with Crippen molar-refractivity contribution in [2.45, 2.75) is 12.8 Å². The van der Waals surface area contributed by atoms with Gasteiger partial charge in [-0.05, 0) is 34.8 Å². The van der Waals surface area contributed by atoms with E-state index in [0.717, 1.165) is 12.8 Å². The topological polar surface area (TPSA) is 98.5 Å². The van der Waals surface area contributed by atoms with Crippen molar-refractivity contribution in [3.05, 3.63) is 32.8 Å². The van der Waals surface area contributed by atoms with Gasteiger partial charge < -0.3 is 10.1 Å². The van der Waals surface area contributed by atoms with Crippen LogP contribution in [0.3, 0.4) is 0 Å². The van der Waals surface area contributed by atoms with E-state index in [4.69, 9.17) is 4.74 Å². The lowest BCUT2D eigenvalue weighted by atomic mass is 10.3. The molecule has 0 aliphatic heterocycles. The van der Waals surface area contributed by atoms with Crippen LogP contribution >= 0.6 is 15.9 Å². The number of nitrogens with one attached hydrogen (secondary N) is 1. The van der Waals surface area contributed by atoms with E-state index in [9.17, 15) is 19.7 Å². The Balaban J connectivity index is 1.90. The number of nitro groups is 1. The highest BCUT2D eigenvalue weighted by atomic mass is 79.9.